The molecule has 2 aromatic carbocycles. The Labute approximate surface area is 150 Å². The fourth-order valence-corrected chi connectivity index (χ4v) is 2.61. The van der Waals surface area contributed by atoms with Gasteiger partial charge in [-0.15, -0.1) is 0 Å². The van der Waals surface area contributed by atoms with Crippen LogP contribution in [-0.4, -0.2) is 10.9 Å². The Morgan fingerprint density at radius 3 is 2.65 bits per heavy atom. The summed E-state index contributed by atoms with van der Waals surface area (Å²) in [5.74, 6) is 0.507. The number of furan rings is 1. The zero-order valence-corrected chi connectivity index (χ0v) is 13.9. The van der Waals surface area contributed by atoms with Crippen LogP contribution in [0.3, 0.4) is 0 Å². The molecule has 2 heterocycles. The number of benzene rings is 2. The van der Waals surface area contributed by atoms with Crippen LogP contribution in [-0.2, 0) is 6.61 Å². The van der Waals surface area contributed by atoms with E-state index in [0.717, 1.165) is 11.1 Å². The highest BCUT2D eigenvalue weighted by atomic mass is 16.5. The van der Waals surface area contributed by atoms with Crippen molar-refractivity contribution in [3.63, 3.8) is 0 Å². The van der Waals surface area contributed by atoms with Crippen molar-refractivity contribution < 1.29 is 13.9 Å². The molecule has 26 heavy (non-hydrogen) atoms. The second kappa shape index (κ2) is 7.11. The van der Waals surface area contributed by atoms with Gasteiger partial charge in [0.15, 0.2) is 17.1 Å². The van der Waals surface area contributed by atoms with Gasteiger partial charge in [-0.05, 0) is 36.4 Å². The summed E-state index contributed by atoms with van der Waals surface area (Å²) in [6.45, 7) is 0.326. The van der Waals surface area contributed by atoms with E-state index in [2.05, 4.69) is 10.3 Å². The molecule has 0 bridgehead atoms. The zero-order valence-electron chi connectivity index (χ0n) is 13.9. The topological polar surface area (TPSA) is 64.4 Å². The van der Waals surface area contributed by atoms with Gasteiger partial charge in [0.2, 0.25) is 0 Å². The van der Waals surface area contributed by atoms with E-state index in [0.29, 0.717) is 23.6 Å². The highest BCUT2D eigenvalue weighted by molar-refractivity contribution is 6.05. The minimum Gasteiger partial charge on any atom is -0.483 e. The molecule has 0 aliphatic heterocycles. The van der Waals surface area contributed by atoms with Crippen molar-refractivity contribution in [2.45, 2.75) is 6.61 Å². The number of carbonyl (C=O) groups excluding carboxylic acids is 1. The summed E-state index contributed by atoms with van der Waals surface area (Å²) in [7, 11) is 0. The fraction of sp³-hybridized carbons (Fsp3) is 0.0476. The Kier molecular flexibility index (Phi) is 4.35. The number of carbonyl (C=O) groups is 1. The number of fused-ring (bicyclic) bond motifs is 1. The van der Waals surface area contributed by atoms with Gasteiger partial charge in [-0.3, -0.25) is 9.78 Å². The molecule has 0 unspecified atom stereocenters. The molecule has 0 atom stereocenters. The lowest BCUT2D eigenvalue weighted by Crippen LogP contribution is -2.10. The van der Waals surface area contributed by atoms with Crippen molar-refractivity contribution >= 4 is 22.6 Å². The standard InChI is InChI=1S/C21H16N2O3/c24-21(23-16-8-2-1-3-9-16)19-13-15-7-6-11-18(20(15)26-19)25-14-17-10-4-5-12-22-17/h1-13H,14H2,(H,23,24). The van der Waals surface area contributed by atoms with Gasteiger partial charge >= 0.3 is 0 Å². The van der Waals surface area contributed by atoms with Crippen molar-refractivity contribution in [2.24, 2.45) is 0 Å². The largest absolute Gasteiger partial charge is 0.483 e. The number of hydrogen-bond acceptors (Lipinski definition) is 4. The van der Waals surface area contributed by atoms with E-state index < -0.39 is 0 Å². The van der Waals surface area contributed by atoms with Crippen molar-refractivity contribution in [3.05, 3.63) is 90.4 Å². The van der Waals surface area contributed by atoms with Gasteiger partial charge in [0.05, 0.1) is 5.69 Å². The second-order valence-electron chi connectivity index (χ2n) is 5.72. The van der Waals surface area contributed by atoms with E-state index in [1.54, 1.807) is 12.3 Å². The van der Waals surface area contributed by atoms with Crippen molar-refractivity contribution in [1.82, 2.24) is 4.98 Å². The Bertz CT molecular complexity index is 1030. The molecule has 1 amide bonds. The number of pyridine rings is 1. The SMILES string of the molecule is O=C(Nc1ccccc1)c1cc2cccc(OCc3ccccn3)c2o1. The van der Waals surface area contributed by atoms with E-state index in [1.165, 1.54) is 0 Å². The average Bonchev–Trinajstić information content (AvgIpc) is 3.13. The molecule has 2 aromatic heterocycles. The molecular weight excluding hydrogens is 328 g/mol. The van der Waals surface area contributed by atoms with E-state index in [9.17, 15) is 4.79 Å². The third-order valence-electron chi connectivity index (χ3n) is 3.87. The van der Waals surface area contributed by atoms with Crippen LogP contribution in [0.5, 0.6) is 5.75 Å². The molecule has 128 valence electrons. The van der Waals surface area contributed by atoms with Gasteiger partial charge in [-0.1, -0.05) is 36.4 Å². The van der Waals surface area contributed by atoms with E-state index in [4.69, 9.17) is 9.15 Å². The third kappa shape index (κ3) is 3.42. The summed E-state index contributed by atoms with van der Waals surface area (Å²) in [5, 5.41) is 3.62. The van der Waals surface area contributed by atoms with Crippen LogP contribution in [0.1, 0.15) is 16.2 Å². The monoisotopic (exact) mass is 344 g/mol. The Morgan fingerprint density at radius 2 is 1.85 bits per heavy atom. The van der Waals surface area contributed by atoms with Crippen molar-refractivity contribution in [3.8, 4) is 5.75 Å². The molecular formula is C21H16N2O3. The number of nitrogens with zero attached hydrogens (tertiary/aromatic N) is 1. The van der Waals surface area contributed by atoms with Crippen LogP contribution in [0.15, 0.2) is 83.4 Å². The van der Waals surface area contributed by atoms with Crippen LogP contribution in [0.4, 0.5) is 5.69 Å². The van der Waals surface area contributed by atoms with E-state index >= 15 is 0 Å². The number of anilines is 1. The van der Waals surface area contributed by atoms with Crippen molar-refractivity contribution in [1.29, 1.82) is 0 Å². The highest BCUT2D eigenvalue weighted by Crippen LogP contribution is 2.29. The first-order valence-electron chi connectivity index (χ1n) is 8.21. The van der Waals surface area contributed by atoms with Gasteiger partial charge in [-0.25, -0.2) is 0 Å². The molecule has 0 radical (unpaired) electrons. The lowest BCUT2D eigenvalue weighted by molar-refractivity contribution is 0.0998. The Morgan fingerprint density at radius 1 is 1.00 bits per heavy atom. The fourth-order valence-electron chi connectivity index (χ4n) is 2.61. The van der Waals surface area contributed by atoms with Crippen LogP contribution in [0, 0.1) is 0 Å². The predicted octanol–water partition coefficient (Wildman–Crippen LogP) is 4.66. The molecule has 5 nitrogen and oxygen atoms in total. The number of amides is 1. The van der Waals surface area contributed by atoms with Gasteiger partial charge in [0.1, 0.15) is 6.61 Å². The van der Waals surface area contributed by atoms with Crippen LogP contribution < -0.4 is 10.1 Å². The molecule has 5 heteroatoms. The quantitative estimate of drug-likeness (QED) is 0.572. The molecule has 0 saturated heterocycles. The predicted molar refractivity (Wildman–Crippen MR) is 99.2 cm³/mol. The van der Waals surface area contributed by atoms with Gasteiger partial charge in [0.25, 0.3) is 5.91 Å². The number of ether oxygens (including phenoxy) is 1. The normalized spacial score (nSPS) is 10.6. The number of nitrogens with one attached hydrogen (secondary N) is 1. The molecule has 1 N–H and O–H groups in total. The maximum Gasteiger partial charge on any atom is 0.291 e. The number of aromatic nitrogens is 1. The minimum atomic E-state index is -0.303. The molecule has 0 saturated carbocycles. The molecule has 0 aliphatic rings. The van der Waals surface area contributed by atoms with Crippen LogP contribution >= 0.6 is 0 Å². The van der Waals surface area contributed by atoms with Gasteiger partial charge < -0.3 is 14.5 Å². The lowest BCUT2D eigenvalue weighted by atomic mass is 10.2. The summed E-state index contributed by atoms with van der Waals surface area (Å²) in [6.07, 6.45) is 1.72. The first kappa shape index (κ1) is 15.9. The smallest absolute Gasteiger partial charge is 0.291 e. The summed E-state index contributed by atoms with van der Waals surface area (Å²) in [4.78, 5) is 16.7. The van der Waals surface area contributed by atoms with Gasteiger partial charge in [-0.2, -0.15) is 0 Å². The average molecular weight is 344 g/mol. The summed E-state index contributed by atoms with van der Waals surface area (Å²) < 4.78 is 11.6. The van der Waals surface area contributed by atoms with Crippen LogP contribution in [0.25, 0.3) is 11.0 Å². The first-order chi connectivity index (χ1) is 12.8. The summed E-state index contributed by atoms with van der Waals surface area (Å²) in [5.41, 5.74) is 2.07. The summed E-state index contributed by atoms with van der Waals surface area (Å²) in [6, 6.07) is 22.2. The Hall–Kier alpha value is -3.60. The molecule has 4 rings (SSSR count). The Balaban J connectivity index is 1.56. The number of hydrogen-bond donors (Lipinski definition) is 1. The van der Waals surface area contributed by atoms with E-state index in [1.807, 2.05) is 66.7 Å². The highest BCUT2D eigenvalue weighted by Gasteiger charge is 2.15. The van der Waals surface area contributed by atoms with Crippen molar-refractivity contribution in [2.75, 3.05) is 5.32 Å². The minimum absolute atomic E-state index is 0.234. The second-order valence-corrected chi connectivity index (χ2v) is 5.72. The zero-order chi connectivity index (χ0) is 17.8. The third-order valence-corrected chi connectivity index (χ3v) is 3.87. The van der Waals surface area contributed by atoms with Gasteiger partial charge in [0, 0.05) is 17.3 Å². The van der Waals surface area contributed by atoms with E-state index in [-0.39, 0.29) is 11.7 Å². The molecule has 0 spiro atoms. The molecule has 0 aliphatic carbocycles. The lowest BCUT2D eigenvalue weighted by Gasteiger charge is -2.06. The number of rotatable bonds is 5. The molecule has 0 fully saturated rings. The summed E-state index contributed by atoms with van der Waals surface area (Å²) >= 11 is 0. The maximum atomic E-state index is 12.4. The molecule has 4 aromatic rings. The maximum absolute atomic E-state index is 12.4. The van der Waals surface area contributed by atoms with Crippen LogP contribution in [0.2, 0.25) is 0 Å². The number of para-hydroxylation sites is 2. The first-order valence-corrected chi connectivity index (χ1v) is 8.21.